The second-order valence-corrected chi connectivity index (χ2v) is 8.48. The highest BCUT2D eigenvalue weighted by atomic mass is 19.4. The van der Waals surface area contributed by atoms with Crippen LogP contribution in [0.15, 0.2) is 42.7 Å². The molecule has 1 spiro atoms. The molecule has 0 saturated carbocycles. The van der Waals surface area contributed by atoms with Gasteiger partial charge in [-0.05, 0) is 44.0 Å². The number of ether oxygens (including phenoxy) is 1. The van der Waals surface area contributed by atoms with Crippen LogP contribution in [0.5, 0.6) is 0 Å². The number of anilines is 1. The van der Waals surface area contributed by atoms with E-state index in [-0.39, 0.29) is 11.3 Å². The Morgan fingerprint density at radius 1 is 1.15 bits per heavy atom. The van der Waals surface area contributed by atoms with Gasteiger partial charge in [0.1, 0.15) is 5.69 Å². The predicted octanol–water partition coefficient (Wildman–Crippen LogP) is 3.18. The number of carbonyl (C=O) groups is 2. The third kappa shape index (κ3) is 6.66. The van der Waals surface area contributed by atoms with E-state index in [0.717, 1.165) is 43.9 Å². The summed E-state index contributed by atoms with van der Waals surface area (Å²) < 4.78 is 37.7. The Hall–Kier alpha value is -3.21. The third-order valence-corrected chi connectivity index (χ3v) is 5.75. The summed E-state index contributed by atoms with van der Waals surface area (Å²) in [6.45, 7) is 6.52. The second-order valence-electron chi connectivity index (χ2n) is 8.48. The molecule has 184 valence electrons. The largest absolute Gasteiger partial charge is 0.490 e. The Morgan fingerprint density at radius 2 is 1.91 bits per heavy atom. The Balaban J connectivity index is 0.000000406. The number of nitrogens with zero attached hydrogens (tertiary/aromatic N) is 4. The highest BCUT2D eigenvalue weighted by molar-refractivity contribution is 5.92. The topological polar surface area (TPSA) is 95.9 Å². The molecule has 34 heavy (non-hydrogen) atoms. The molecule has 1 amide bonds. The summed E-state index contributed by atoms with van der Waals surface area (Å²) in [5, 5.41) is 7.12. The fourth-order valence-corrected chi connectivity index (χ4v) is 4.21. The fourth-order valence-electron chi connectivity index (χ4n) is 4.21. The average molecular weight is 480 g/mol. The van der Waals surface area contributed by atoms with Crippen molar-refractivity contribution in [3.63, 3.8) is 0 Å². The molecule has 0 bridgehead atoms. The maximum absolute atomic E-state index is 13.0. The Labute approximate surface area is 195 Å². The number of amides is 1. The van der Waals surface area contributed by atoms with Crippen LogP contribution >= 0.6 is 0 Å². The fraction of sp³-hybridized carbons (Fsp3) is 0.478. The summed E-state index contributed by atoms with van der Waals surface area (Å²) in [6.07, 6.45) is 0.668. The lowest BCUT2D eigenvalue weighted by atomic mass is 9.80. The molecule has 1 unspecified atom stereocenters. The van der Waals surface area contributed by atoms with Crippen LogP contribution in [-0.4, -0.2) is 77.4 Å². The van der Waals surface area contributed by atoms with Crippen molar-refractivity contribution in [2.24, 2.45) is 5.41 Å². The first-order chi connectivity index (χ1) is 16.1. The monoisotopic (exact) mass is 480 g/mol. The lowest BCUT2D eigenvalue weighted by Gasteiger charge is -2.43. The van der Waals surface area contributed by atoms with E-state index in [9.17, 15) is 18.0 Å². The van der Waals surface area contributed by atoms with E-state index < -0.39 is 12.1 Å². The molecule has 2 aromatic heterocycles. The zero-order chi connectivity index (χ0) is 24.8. The summed E-state index contributed by atoms with van der Waals surface area (Å²) in [5.41, 5.74) is 2.47. The normalized spacial score (nSPS) is 20.8. The molecule has 4 heterocycles. The third-order valence-electron chi connectivity index (χ3n) is 5.75. The van der Waals surface area contributed by atoms with E-state index in [1.54, 1.807) is 6.20 Å². The first-order valence-electron chi connectivity index (χ1n) is 10.9. The molecule has 2 fully saturated rings. The van der Waals surface area contributed by atoms with Gasteiger partial charge in [0.15, 0.2) is 0 Å². The van der Waals surface area contributed by atoms with Crippen molar-refractivity contribution in [3.05, 3.63) is 54.1 Å². The minimum absolute atomic E-state index is 0.0231. The Morgan fingerprint density at radius 3 is 2.56 bits per heavy atom. The molecule has 1 atom stereocenters. The van der Waals surface area contributed by atoms with Gasteiger partial charge in [0.2, 0.25) is 0 Å². The van der Waals surface area contributed by atoms with Crippen molar-refractivity contribution < 1.29 is 32.6 Å². The van der Waals surface area contributed by atoms with E-state index >= 15 is 0 Å². The molecule has 0 aliphatic carbocycles. The molecule has 1 N–H and O–H groups in total. The van der Waals surface area contributed by atoms with Crippen LogP contribution in [0.3, 0.4) is 0 Å². The molecule has 2 aromatic rings. The van der Waals surface area contributed by atoms with E-state index in [4.69, 9.17) is 14.6 Å². The van der Waals surface area contributed by atoms with Crippen LogP contribution in [0.2, 0.25) is 0 Å². The highest BCUT2D eigenvalue weighted by Gasteiger charge is 2.41. The maximum Gasteiger partial charge on any atom is 0.490 e. The number of aliphatic carboxylic acids is 1. The van der Waals surface area contributed by atoms with Crippen LogP contribution in [0.4, 0.5) is 18.9 Å². The van der Waals surface area contributed by atoms with Gasteiger partial charge >= 0.3 is 12.1 Å². The minimum Gasteiger partial charge on any atom is -0.475 e. The molecule has 2 aliphatic rings. The molecule has 0 radical (unpaired) electrons. The molecule has 4 rings (SSSR count). The van der Waals surface area contributed by atoms with Gasteiger partial charge < -0.3 is 19.6 Å². The quantitative estimate of drug-likeness (QED) is 0.705. The first kappa shape index (κ1) is 25.4. The number of carbonyl (C=O) groups excluding carboxylic acids is 1. The second kappa shape index (κ2) is 10.8. The van der Waals surface area contributed by atoms with E-state index in [1.165, 1.54) is 0 Å². The molecule has 2 aliphatic heterocycles. The lowest BCUT2D eigenvalue weighted by molar-refractivity contribution is -0.192. The number of carboxylic acids is 1. The Kier molecular flexibility index (Phi) is 8.08. The van der Waals surface area contributed by atoms with Crippen LogP contribution in [0.1, 0.15) is 29.0 Å². The van der Waals surface area contributed by atoms with Crippen molar-refractivity contribution >= 4 is 17.6 Å². The summed E-state index contributed by atoms with van der Waals surface area (Å²) >= 11 is 0. The Bertz CT molecular complexity index is 990. The SMILES string of the molecule is Cc1cccc(C(=O)N2CCCC3(COCCN(c4cccnc4)C3)C2)n1.O=C(O)C(F)(F)F. The number of pyridine rings is 2. The number of aryl methyl sites for hydroxylation is 1. The van der Waals surface area contributed by atoms with E-state index in [2.05, 4.69) is 20.9 Å². The van der Waals surface area contributed by atoms with Crippen molar-refractivity contribution in [2.75, 3.05) is 44.3 Å². The maximum atomic E-state index is 13.0. The number of piperidine rings is 1. The number of likely N-dealkylation sites (tertiary alicyclic amines) is 1. The van der Waals surface area contributed by atoms with Gasteiger partial charge in [-0.25, -0.2) is 9.78 Å². The van der Waals surface area contributed by atoms with Gasteiger partial charge in [0.25, 0.3) is 5.91 Å². The number of rotatable bonds is 2. The van der Waals surface area contributed by atoms with Gasteiger partial charge in [-0.3, -0.25) is 9.78 Å². The van der Waals surface area contributed by atoms with Crippen LogP contribution < -0.4 is 4.90 Å². The summed E-state index contributed by atoms with van der Waals surface area (Å²) in [5.74, 6) is -2.73. The molecular formula is C23H27F3N4O4. The van der Waals surface area contributed by atoms with Gasteiger partial charge in [0.05, 0.1) is 25.1 Å². The zero-order valence-corrected chi connectivity index (χ0v) is 18.8. The van der Waals surface area contributed by atoms with Crippen molar-refractivity contribution in [1.29, 1.82) is 0 Å². The number of aromatic nitrogens is 2. The zero-order valence-electron chi connectivity index (χ0n) is 18.8. The van der Waals surface area contributed by atoms with Gasteiger partial charge in [-0.2, -0.15) is 13.2 Å². The summed E-state index contributed by atoms with van der Waals surface area (Å²) in [7, 11) is 0. The van der Waals surface area contributed by atoms with Crippen LogP contribution in [0, 0.1) is 12.3 Å². The highest BCUT2D eigenvalue weighted by Crippen LogP contribution is 2.35. The van der Waals surface area contributed by atoms with Crippen LogP contribution in [0.25, 0.3) is 0 Å². The lowest BCUT2D eigenvalue weighted by Crippen LogP contribution is -2.52. The molecule has 2 saturated heterocycles. The van der Waals surface area contributed by atoms with E-state index in [0.29, 0.717) is 25.5 Å². The number of hydrogen-bond donors (Lipinski definition) is 1. The summed E-state index contributed by atoms with van der Waals surface area (Å²) in [4.78, 5) is 34.9. The molecule has 11 heteroatoms. The first-order valence-corrected chi connectivity index (χ1v) is 10.9. The number of hydrogen-bond acceptors (Lipinski definition) is 6. The predicted molar refractivity (Wildman–Crippen MR) is 118 cm³/mol. The standard InChI is InChI=1S/C21H26N4O2.C2HF3O2/c1-17-5-2-7-19(23-17)20(26)25-10-4-8-21(15-25)14-24(11-12-27-16-21)18-6-3-9-22-13-18;3-2(4,5)1(6)7/h2-3,5-7,9,13H,4,8,10-12,14-16H2,1H3;(H,6,7). The average Bonchev–Trinajstić information content (AvgIpc) is 3.01. The smallest absolute Gasteiger partial charge is 0.475 e. The molecule has 0 aromatic carbocycles. The minimum atomic E-state index is -5.08. The van der Waals surface area contributed by atoms with Crippen LogP contribution in [-0.2, 0) is 9.53 Å². The number of alkyl halides is 3. The van der Waals surface area contributed by atoms with Gasteiger partial charge in [-0.1, -0.05) is 6.07 Å². The molecular weight excluding hydrogens is 453 g/mol. The van der Waals surface area contributed by atoms with Crippen molar-refractivity contribution in [2.45, 2.75) is 25.9 Å². The van der Waals surface area contributed by atoms with Gasteiger partial charge in [0, 0.05) is 43.5 Å². The molecule has 8 nitrogen and oxygen atoms in total. The number of carboxylic acid groups (broad SMARTS) is 1. The van der Waals surface area contributed by atoms with Gasteiger partial charge in [-0.15, -0.1) is 0 Å². The van der Waals surface area contributed by atoms with E-state index in [1.807, 2.05) is 42.3 Å². The van der Waals surface area contributed by atoms with Crippen molar-refractivity contribution in [1.82, 2.24) is 14.9 Å². The summed E-state index contributed by atoms with van der Waals surface area (Å²) in [6, 6.07) is 9.68. The number of halogens is 3. The van der Waals surface area contributed by atoms with Crippen molar-refractivity contribution in [3.8, 4) is 0 Å².